The van der Waals surface area contributed by atoms with E-state index >= 15 is 0 Å². The molecule has 0 saturated carbocycles. The highest BCUT2D eigenvalue weighted by Gasteiger charge is 2.20. The maximum Gasteiger partial charge on any atom is 0.264 e. The lowest BCUT2D eigenvalue weighted by Gasteiger charge is -2.14. The van der Waals surface area contributed by atoms with Crippen LogP contribution in [0.4, 0.5) is 15.8 Å². The fourth-order valence-corrected chi connectivity index (χ4v) is 3.70. The number of carbonyl (C=O) groups is 2. The molecule has 7 nitrogen and oxygen atoms in total. The van der Waals surface area contributed by atoms with Gasteiger partial charge in [0.1, 0.15) is 10.7 Å². The van der Waals surface area contributed by atoms with E-state index in [-0.39, 0.29) is 35.1 Å². The van der Waals surface area contributed by atoms with Crippen LogP contribution in [0.5, 0.6) is 0 Å². The van der Waals surface area contributed by atoms with Gasteiger partial charge in [-0.1, -0.05) is 30.7 Å². The summed E-state index contributed by atoms with van der Waals surface area (Å²) in [4.78, 5) is 23.3. The van der Waals surface area contributed by atoms with E-state index in [4.69, 9.17) is 11.6 Å². The van der Waals surface area contributed by atoms with Crippen molar-refractivity contribution in [2.75, 3.05) is 16.6 Å². The third kappa shape index (κ3) is 6.72. The first-order chi connectivity index (χ1) is 13.7. The highest BCUT2D eigenvalue weighted by Crippen LogP contribution is 2.29. The highest BCUT2D eigenvalue weighted by atomic mass is 35.5. The number of hydrogen-bond donors (Lipinski definition) is 3. The molecule has 0 aromatic heterocycles. The molecule has 2 aromatic rings. The summed E-state index contributed by atoms with van der Waals surface area (Å²) in [5.41, 5.74) is 0.109. The Bertz CT molecular complexity index is 999. The van der Waals surface area contributed by atoms with Gasteiger partial charge in [0.25, 0.3) is 10.0 Å². The van der Waals surface area contributed by atoms with Crippen LogP contribution in [-0.4, -0.2) is 26.8 Å². The standard InChI is InChI=1S/C19H21ClFN3O4S/c1-2-11-22-18(25)9-10-19(26)23-16-12-13(20)7-8-15(16)24-29(27,28)17-6-4-3-5-14(17)21/h3-8,12,24H,2,9-11H2,1H3,(H,22,25)(H,23,26). The van der Waals surface area contributed by atoms with E-state index in [0.717, 1.165) is 18.6 Å². The summed E-state index contributed by atoms with van der Waals surface area (Å²) in [6.45, 7) is 2.44. The van der Waals surface area contributed by atoms with Crippen LogP contribution in [0.1, 0.15) is 26.2 Å². The number of halogens is 2. The average Bonchev–Trinajstić information content (AvgIpc) is 2.67. The van der Waals surface area contributed by atoms with Crippen molar-refractivity contribution in [2.24, 2.45) is 0 Å². The summed E-state index contributed by atoms with van der Waals surface area (Å²) in [6.07, 6.45) is 0.677. The van der Waals surface area contributed by atoms with Gasteiger partial charge < -0.3 is 10.6 Å². The number of benzene rings is 2. The average molecular weight is 442 g/mol. The summed E-state index contributed by atoms with van der Waals surface area (Å²) in [5.74, 6) is -1.66. The van der Waals surface area contributed by atoms with Crippen LogP contribution in [0.15, 0.2) is 47.4 Å². The number of hydrogen-bond acceptors (Lipinski definition) is 4. The molecule has 0 bridgehead atoms. The molecule has 0 fully saturated rings. The van der Waals surface area contributed by atoms with Gasteiger partial charge in [-0.3, -0.25) is 14.3 Å². The first-order valence-corrected chi connectivity index (χ1v) is 10.7. The van der Waals surface area contributed by atoms with Crippen LogP contribution in [0, 0.1) is 5.82 Å². The van der Waals surface area contributed by atoms with E-state index in [9.17, 15) is 22.4 Å². The first-order valence-electron chi connectivity index (χ1n) is 8.86. The molecule has 0 saturated heterocycles. The predicted molar refractivity (Wildman–Crippen MR) is 110 cm³/mol. The largest absolute Gasteiger partial charge is 0.356 e. The normalized spacial score (nSPS) is 11.0. The minimum absolute atomic E-state index is 0.0112. The summed E-state index contributed by atoms with van der Waals surface area (Å²) < 4.78 is 41.2. The van der Waals surface area contributed by atoms with Crippen LogP contribution >= 0.6 is 11.6 Å². The van der Waals surface area contributed by atoms with Crippen LogP contribution in [0.3, 0.4) is 0 Å². The predicted octanol–water partition coefficient (Wildman–Crippen LogP) is 3.52. The van der Waals surface area contributed by atoms with E-state index in [1.54, 1.807) is 0 Å². The van der Waals surface area contributed by atoms with E-state index in [2.05, 4.69) is 15.4 Å². The zero-order valence-electron chi connectivity index (χ0n) is 15.7. The van der Waals surface area contributed by atoms with Crippen molar-refractivity contribution in [1.82, 2.24) is 5.32 Å². The Morgan fingerprint density at radius 3 is 2.41 bits per heavy atom. The maximum absolute atomic E-state index is 13.9. The summed E-state index contributed by atoms with van der Waals surface area (Å²) >= 11 is 5.95. The van der Waals surface area contributed by atoms with Gasteiger partial charge in [0.05, 0.1) is 11.4 Å². The molecule has 0 aliphatic carbocycles. The Hall–Kier alpha value is -2.65. The number of rotatable bonds is 9. The number of nitrogens with one attached hydrogen (secondary N) is 3. The van der Waals surface area contributed by atoms with Crippen molar-refractivity contribution in [2.45, 2.75) is 31.1 Å². The molecule has 156 valence electrons. The molecule has 0 aliphatic rings. The van der Waals surface area contributed by atoms with E-state index in [0.29, 0.717) is 6.54 Å². The van der Waals surface area contributed by atoms with E-state index in [1.165, 1.54) is 30.3 Å². The molecule has 3 N–H and O–H groups in total. The van der Waals surface area contributed by atoms with Crippen LogP contribution in [-0.2, 0) is 19.6 Å². The topological polar surface area (TPSA) is 104 Å². The second kappa shape index (κ2) is 10.2. The smallest absolute Gasteiger partial charge is 0.264 e. The van der Waals surface area contributed by atoms with Crippen molar-refractivity contribution in [3.63, 3.8) is 0 Å². The number of amides is 2. The Labute approximate surface area is 173 Å². The molecular formula is C19H21ClFN3O4S. The number of carbonyl (C=O) groups excluding carboxylic acids is 2. The van der Waals surface area contributed by atoms with Gasteiger partial charge in [0.15, 0.2) is 0 Å². The van der Waals surface area contributed by atoms with Gasteiger partial charge in [0, 0.05) is 24.4 Å². The lowest BCUT2D eigenvalue weighted by Crippen LogP contribution is -2.25. The molecule has 2 rings (SSSR count). The maximum atomic E-state index is 13.9. The van der Waals surface area contributed by atoms with Crippen molar-refractivity contribution in [3.8, 4) is 0 Å². The van der Waals surface area contributed by atoms with Gasteiger partial charge >= 0.3 is 0 Å². The lowest BCUT2D eigenvalue weighted by molar-refractivity contribution is -0.124. The third-order valence-corrected chi connectivity index (χ3v) is 5.41. The summed E-state index contributed by atoms with van der Waals surface area (Å²) in [5, 5.41) is 5.45. The van der Waals surface area contributed by atoms with Gasteiger partial charge in [0.2, 0.25) is 11.8 Å². The second-order valence-corrected chi connectivity index (χ2v) is 8.21. The second-order valence-electron chi connectivity index (χ2n) is 6.12. The zero-order valence-corrected chi connectivity index (χ0v) is 17.2. The van der Waals surface area contributed by atoms with Crippen LogP contribution in [0.25, 0.3) is 0 Å². The molecule has 0 atom stereocenters. The van der Waals surface area contributed by atoms with Crippen molar-refractivity contribution in [1.29, 1.82) is 0 Å². The van der Waals surface area contributed by atoms with Crippen LogP contribution < -0.4 is 15.4 Å². The van der Waals surface area contributed by atoms with Gasteiger partial charge in [-0.2, -0.15) is 0 Å². The van der Waals surface area contributed by atoms with Crippen LogP contribution in [0.2, 0.25) is 5.02 Å². The van der Waals surface area contributed by atoms with Gasteiger partial charge in [-0.25, -0.2) is 12.8 Å². The third-order valence-electron chi connectivity index (χ3n) is 3.78. The Kier molecular flexibility index (Phi) is 7.98. The molecule has 0 spiro atoms. The highest BCUT2D eigenvalue weighted by molar-refractivity contribution is 7.92. The van der Waals surface area contributed by atoms with Crippen molar-refractivity contribution in [3.05, 3.63) is 53.3 Å². The molecule has 0 heterocycles. The molecular weight excluding hydrogens is 421 g/mol. The molecule has 10 heteroatoms. The van der Waals surface area contributed by atoms with E-state index in [1.807, 2.05) is 6.92 Å². The minimum Gasteiger partial charge on any atom is -0.356 e. The van der Waals surface area contributed by atoms with E-state index < -0.39 is 26.6 Å². The SMILES string of the molecule is CCCNC(=O)CCC(=O)Nc1cc(Cl)ccc1NS(=O)(=O)c1ccccc1F. The van der Waals surface area contributed by atoms with Crippen molar-refractivity contribution < 1.29 is 22.4 Å². The molecule has 2 aromatic carbocycles. The molecule has 0 aliphatic heterocycles. The lowest BCUT2D eigenvalue weighted by atomic mass is 10.2. The van der Waals surface area contributed by atoms with Crippen molar-refractivity contribution >= 4 is 44.8 Å². The fraction of sp³-hybridized carbons (Fsp3) is 0.263. The molecule has 2 amide bonds. The zero-order chi connectivity index (χ0) is 21.4. The fourth-order valence-electron chi connectivity index (χ4n) is 2.36. The molecule has 0 unspecified atom stereocenters. The minimum atomic E-state index is -4.23. The first kappa shape index (κ1) is 22.6. The Morgan fingerprint density at radius 1 is 1.03 bits per heavy atom. The van der Waals surface area contributed by atoms with Gasteiger partial charge in [-0.15, -0.1) is 0 Å². The summed E-state index contributed by atoms with van der Waals surface area (Å²) in [6, 6.07) is 9.06. The Morgan fingerprint density at radius 2 is 1.72 bits per heavy atom. The summed E-state index contributed by atoms with van der Waals surface area (Å²) in [7, 11) is -4.23. The monoisotopic (exact) mass is 441 g/mol. The Balaban J connectivity index is 2.14. The quantitative estimate of drug-likeness (QED) is 0.553. The number of sulfonamides is 1. The number of anilines is 2. The van der Waals surface area contributed by atoms with Gasteiger partial charge in [-0.05, 0) is 36.8 Å². The molecule has 0 radical (unpaired) electrons. The molecule has 29 heavy (non-hydrogen) atoms.